The maximum absolute atomic E-state index is 13.1. The Morgan fingerprint density at radius 1 is 1.26 bits per heavy atom. The van der Waals surface area contributed by atoms with Gasteiger partial charge in [-0.05, 0) is 43.8 Å². The molecule has 23 heavy (non-hydrogen) atoms. The van der Waals surface area contributed by atoms with Crippen LogP contribution in [0.15, 0.2) is 41.8 Å². The second-order valence-corrected chi connectivity index (χ2v) is 7.20. The van der Waals surface area contributed by atoms with Crippen LogP contribution >= 0.6 is 11.3 Å². The van der Waals surface area contributed by atoms with Crippen molar-refractivity contribution in [2.45, 2.75) is 38.3 Å². The normalized spacial score (nSPS) is 23.9. The minimum absolute atomic E-state index is 0.107. The lowest BCUT2D eigenvalue weighted by Crippen LogP contribution is -2.58. The fourth-order valence-corrected chi connectivity index (χ4v) is 4.61. The number of hydrogen-bond donors (Lipinski definition) is 1. The first-order valence-corrected chi connectivity index (χ1v) is 8.46. The summed E-state index contributed by atoms with van der Waals surface area (Å²) in [4.78, 5) is 27.9. The minimum Gasteiger partial charge on any atom is -0.481 e. The molecule has 1 aromatic heterocycles. The molecule has 1 amide bonds. The number of nitrogens with zero attached hydrogens (tertiary/aromatic N) is 1. The Kier molecular flexibility index (Phi) is 3.76. The van der Waals surface area contributed by atoms with Gasteiger partial charge in [-0.3, -0.25) is 9.59 Å². The Labute approximate surface area is 139 Å². The molecule has 1 aliphatic heterocycles. The lowest BCUT2D eigenvalue weighted by molar-refractivity contribution is -0.143. The zero-order chi connectivity index (χ0) is 16.8. The molecule has 2 atom stereocenters. The molecule has 0 aliphatic carbocycles. The Hall–Kier alpha value is -2.14. The third-order valence-corrected chi connectivity index (χ3v) is 5.66. The predicted octanol–water partition coefficient (Wildman–Crippen LogP) is 3.70. The van der Waals surface area contributed by atoms with Crippen LogP contribution < -0.4 is 0 Å². The van der Waals surface area contributed by atoms with E-state index in [4.69, 9.17) is 0 Å². The van der Waals surface area contributed by atoms with E-state index in [1.54, 1.807) is 29.2 Å². The topological polar surface area (TPSA) is 57.6 Å². The van der Waals surface area contributed by atoms with Crippen molar-refractivity contribution in [2.24, 2.45) is 0 Å². The van der Waals surface area contributed by atoms with Gasteiger partial charge in [0.25, 0.3) is 5.91 Å². The first-order chi connectivity index (χ1) is 10.9. The van der Waals surface area contributed by atoms with E-state index in [0.717, 1.165) is 4.88 Å². The summed E-state index contributed by atoms with van der Waals surface area (Å²) < 4.78 is 0. The summed E-state index contributed by atoms with van der Waals surface area (Å²) in [6, 6.07) is 10.8. The molecule has 1 aliphatic rings. The maximum Gasteiger partial charge on any atom is 0.313 e. The highest BCUT2D eigenvalue weighted by Gasteiger charge is 2.54. The number of aliphatic carboxylic acids is 1. The van der Waals surface area contributed by atoms with Crippen molar-refractivity contribution in [1.29, 1.82) is 0 Å². The molecular weight excluding hydrogens is 310 g/mol. The Morgan fingerprint density at radius 3 is 2.52 bits per heavy atom. The number of carboxylic acids is 1. The van der Waals surface area contributed by atoms with Gasteiger partial charge in [-0.15, -0.1) is 11.3 Å². The van der Waals surface area contributed by atoms with Gasteiger partial charge in [0.1, 0.15) is 5.92 Å². The maximum atomic E-state index is 13.1. The molecule has 0 radical (unpaired) electrons. The second-order valence-electron chi connectivity index (χ2n) is 6.25. The van der Waals surface area contributed by atoms with Gasteiger partial charge in [0.15, 0.2) is 0 Å². The highest BCUT2D eigenvalue weighted by atomic mass is 32.1. The van der Waals surface area contributed by atoms with Gasteiger partial charge in [-0.2, -0.15) is 0 Å². The van der Waals surface area contributed by atoms with E-state index in [1.807, 2.05) is 38.3 Å². The van der Waals surface area contributed by atoms with Crippen molar-refractivity contribution in [1.82, 2.24) is 4.90 Å². The fourth-order valence-electron chi connectivity index (χ4n) is 3.70. The van der Waals surface area contributed by atoms with Crippen LogP contribution in [-0.2, 0) is 10.3 Å². The van der Waals surface area contributed by atoms with E-state index in [-0.39, 0.29) is 11.9 Å². The molecule has 5 heteroatoms. The van der Waals surface area contributed by atoms with Crippen molar-refractivity contribution in [3.05, 3.63) is 57.8 Å². The zero-order valence-corrected chi connectivity index (χ0v) is 14.1. The summed E-state index contributed by atoms with van der Waals surface area (Å²) >= 11 is 1.49. The Morgan fingerprint density at radius 2 is 1.96 bits per heavy atom. The molecule has 0 bridgehead atoms. The third kappa shape index (κ3) is 2.18. The number of fused-ring (bicyclic) bond motifs is 1. The van der Waals surface area contributed by atoms with Gasteiger partial charge in [0.05, 0.1) is 5.54 Å². The Balaban J connectivity index is 2.34. The summed E-state index contributed by atoms with van der Waals surface area (Å²) in [6.45, 7) is 5.72. The van der Waals surface area contributed by atoms with Gasteiger partial charge in [-0.25, -0.2) is 0 Å². The van der Waals surface area contributed by atoms with Crippen LogP contribution in [0, 0.1) is 0 Å². The van der Waals surface area contributed by atoms with E-state index >= 15 is 0 Å². The van der Waals surface area contributed by atoms with Crippen LogP contribution in [0.3, 0.4) is 0 Å². The molecule has 120 valence electrons. The highest BCUT2D eigenvalue weighted by Crippen LogP contribution is 2.49. The van der Waals surface area contributed by atoms with Gasteiger partial charge in [-0.1, -0.05) is 24.3 Å². The molecule has 2 unspecified atom stereocenters. The number of carbonyl (C=O) groups is 2. The van der Waals surface area contributed by atoms with Gasteiger partial charge < -0.3 is 10.0 Å². The molecule has 4 nitrogen and oxygen atoms in total. The molecule has 3 rings (SSSR count). The number of rotatable bonds is 3. The monoisotopic (exact) mass is 329 g/mol. The molecule has 2 aromatic rings. The molecule has 1 N–H and O–H groups in total. The number of hydrogen-bond acceptors (Lipinski definition) is 3. The van der Waals surface area contributed by atoms with E-state index in [1.165, 1.54) is 11.3 Å². The van der Waals surface area contributed by atoms with Crippen molar-refractivity contribution in [3.8, 4) is 0 Å². The summed E-state index contributed by atoms with van der Waals surface area (Å²) in [6.07, 6.45) is 0. The van der Waals surface area contributed by atoms with Gasteiger partial charge >= 0.3 is 5.97 Å². The molecule has 0 fully saturated rings. The van der Waals surface area contributed by atoms with Crippen molar-refractivity contribution >= 4 is 23.2 Å². The molecule has 0 spiro atoms. The van der Waals surface area contributed by atoms with E-state index in [2.05, 4.69) is 0 Å². The van der Waals surface area contributed by atoms with Gasteiger partial charge in [0.2, 0.25) is 0 Å². The van der Waals surface area contributed by atoms with Crippen LogP contribution in [0.25, 0.3) is 0 Å². The second kappa shape index (κ2) is 5.49. The molecular formula is C18H19NO3S. The average Bonchev–Trinajstić information content (AvgIpc) is 3.01. The van der Waals surface area contributed by atoms with Gasteiger partial charge in [0, 0.05) is 16.5 Å². The standard InChI is InChI=1S/C18H19NO3S/c1-11(2)19-16(20)13-8-5-4-7-12(13)15(17(21)22)18(19,3)14-9-6-10-23-14/h4-11,15H,1-3H3,(H,21,22). The number of carboxylic acid groups (broad SMARTS) is 1. The summed E-state index contributed by atoms with van der Waals surface area (Å²) in [5, 5.41) is 11.9. The SMILES string of the molecule is CC(C)N1C(=O)c2ccccc2C(C(=O)O)C1(C)c1cccs1. The zero-order valence-electron chi connectivity index (χ0n) is 13.3. The predicted molar refractivity (Wildman–Crippen MR) is 89.8 cm³/mol. The fraction of sp³-hybridized carbons (Fsp3) is 0.333. The number of amides is 1. The molecule has 0 saturated heterocycles. The lowest BCUT2D eigenvalue weighted by Gasteiger charge is -2.50. The average molecular weight is 329 g/mol. The van der Waals surface area contributed by atoms with Crippen molar-refractivity contribution < 1.29 is 14.7 Å². The van der Waals surface area contributed by atoms with Crippen LogP contribution in [0.4, 0.5) is 0 Å². The summed E-state index contributed by atoms with van der Waals surface area (Å²) in [7, 11) is 0. The number of benzene rings is 1. The summed E-state index contributed by atoms with van der Waals surface area (Å²) in [5.41, 5.74) is 0.181. The lowest BCUT2D eigenvalue weighted by atomic mass is 9.72. The molecule has 0 saturated carbocycles. The van der Waals surface area contributed by atoms with E-state index in [9.17, 15) is 14.7 Å². The minimum atomic E-state index is -0.911. The van der Waals surface area contributed by atoms with Crippen LogP contribution in [0.1, 0.15) is 47.5 Å². The Bertz CT molecular complexity index is 753. The third-order valence-electron chi connectivity index (χ3n) is 4.57. The van der Waals surface area contributed by atoms with E-state index in [0.29, 0.717) is 11.1 Å². The van der Waals surface area contributed by atoms with Crippen LogP contribution in [-0.4, -0.2) is 27.9 Å². The largest absolute Gasteiger partial charge is 0.481 e. The van der Waals surface area contributed by atoms with E-state index < -0.39 is 17.4 Å². The first-order valence-electron chi connectivity index (χ1n) is 7.58. The van der Waals surface area contributed by atoms with Crippen molar-refractivity contribution in [3.63, 3.8) is 0 Å². The summed E-state index contributed by atoms with van der Waals surface area (Å²) in [5.74, 6) is -1.81. The first kappa shape index (κ1) is 15.7. The number of thiophene rings is 1. The van der Waals surface area contributed by atoms with Crippen molar-refractivity contribution in [2.75, 3.05) is 0 Å². The number of carbonyl (C=O) groups excluding carboxylic acids is 1. The molecule has 1 aromatic carbocycles. The molecule has 2 heterocycles. The van der Waals surface area contributed by atoms with Crippen LogP contribution in [0.2, 0.25) is 0 Å². The smallest absolute Gasteiger partial charge is 0.313 e. The highest BCUT2D eigenvalue weighted by molar-refractivity contribution is 7.10. The quantitative estimate of drug-likeness (QED) is 0.934. The van der Waals surface area contributed by atoms with Crippen LogP contribution in [0.5, 0.6) is 0 Å².